The third-order valence-electron chi connectivity index (χ3n) is 3.82. The summed E-state index contributed by atoms with van der Waals surface area (Å²) in [7, 11) is -3.76. The summed E-state index contributed by atoms with van der Waals surface area (Å²) in [6.07, 6.45) is 1.49. The van der Waals surface area contributed by atoms with Crippen LogP contribution in [0.15, 0.2) is 65.7 Å². The number of hydrogen-bond donors (Lipinski definition) is 1. The zero-order valence-corrected chi connectivity index (χ0v) is 15.9. The van der Waals surface area contributed by atoms with Gasteiger partial charge in [-0.05, 0) is 29.8 Å². The fourth-order valence-corrected chi connectivity index (χ4v) is 4.26. The monoisotopic (exact) mass is 416 g/mol. The molecule has 0 radical (unpaired) electrons. The first-order valence-corrected chi connectivity index (χ1v) is 10.3. The second-order valence-corrected chi connectivity index (χ2v) is 8.04. The number of nitrogens with zero attached hydrogens (tertiary/aromatic N) is 3. The number of halogens is 1. The van der Waals surface area contributed by atoms with Crippen LogP contribution in [0.4, 0.5) is 4.39 Å². The maximum absolute atomic E-state index is 13.2. The number of nitrogens with one attached hydrogen (secondary N) is 1. The highest BCUT2D eigenvalue weighted by atomic mass is 32.2. The molecule has 0 amide bonds. The number of fused-ring (bicyclic) bond motifs is 1. The van der Waals surface area contributed by atoms with Crippen molar-refractivity contribution >= 4 is 32.8 Å². The van der Waals surface area contributed by atoms with E-state index in [1.165, 1.54) is 30.5 Å². The number of sulfonamides is 1. The van der Waals surface area contributed by atoms with Crippen LogP contribution in [0.2, 0.25) is 0 Å². The van der Waals surface area contributed by atoms with Crippen LogP contribution in [0.3, 0.4) is 0 Å². The minimum absolute atomic E-state index is 0.0452. The van der Waals surface area contributed by atoms with Crippen molar-refractivity contribution in [1.82, 2.24) is 18.5 Å². The predicted octanol–water partition coefficient (Wildman–Crippen LogP) is 3.50. The van der Waals surface area contributed by atoms with Gasteiger partial charge in [-0.25, -0.2) is 22.5 Å². The molecule has 4 aromatic rings. The fraction of sp³-hybridized carbons (Fsp3) is 0.0556. The lowest BCUT2D eigenvalue weighted by atomic mass is 10.3. The summed E-state index contributed by atoms with van der Waals surface area (Å²) in [4.78, 5) is 4.20. The van der Waals surface area contributed by atoms with Crippen LogP contribution in [0.5, 0.6) is 11.6 Å². The first kappa shape index (κ1) is 18.4. The van der Waals surface area contributed by atoms with E-state index in [-0.39, 0.29) is 17.3 Å². The molecule has 2 aromatic heterocycles. The Balaban J connectivity index is 1.45. The second-order valence-electron chi connectivity index (χ2n) is 5.78. The molecule has 4 rings (SSSR count). The van der Waals surface area contributed by atoms with E-state index >= 15 is 0 Å². The van der Waals surface area contributed by atoms with Gasteiger partial charge in [0.25, 0.3) is 0 Å². The lowest BCUT2D eigenvalue weighted by Crippen LogP contribution is -2.23. The highest BCUT2D eigenvalue weighted by Crippen LogP contribution is 2.22. The molecule has 0 bridgehead atoms. The van der Waals surface area contributed by atoms with Gasteiger partial charge in [-0.3, -0.25) is 0 Å². The molecule has 1 N–H and O–H groups in total. The lowest BCUT2D eigenvalue weighted by Gasteiger charge is -2.08. The molecule has 0 aliphatic heterocycles. The molecule has 0 aliphatic carbocycles. The molecule has 142 valence electrons. The van der Waals surface area contributed by atoms with Crippen molar-refractivity contribution in [3.8, 4) is 11.6 Å². The highest BCUT2D eigenvalue weighted by Gasteiger charge is 2.19. The van der Waals surface area contributed by atoms with Gasteiger partial charge in [0.05, 0.1) is 11.7 Å². The van der Waals surface area contributed by atoms with E-state index in [2.05, 4.69) is 18.5 Å². The fourth-order valence-electron chi connectivity index (χ4n) is 2.48. The van der Waals surface area contributed by atoms with Gasteiger partial charge in [-0.2, -0.15) is 8.75 Å². The standard InChI is InChI=1S/C18H13FN4O3S2/c19-13-3-1-4-14(9-13)26-17-8-7-12(10-20-17)11-21-28(24,25)16-6-2-5-15-18(16)23-27-22-15/h1-10,21H,11H2. The zero-order valence-electron chi connectivity index (χ0n) is 14.2. The molecule has 0 atom stereocenters. The van der Waals surface area contributed by atoms with Crippen molar-refractivity contribution in [1.29, 1.82) is 0 Å². The Morgan fingerprint density at radius 3 is 2.71 bits per heavy atom. The van der Waals surface area contributed by atoms with Crippen LogP contribution in [0.1, 0.15) is 5.56 Å². The number of pyridine rings is 1. The number of aromatic nitrogens is 3. The zero-order chi connectivity index (χ0) is 19.6. The summed E-state index contributed by atoms with van der Waals surface area (Å²) in [5, 5.41) is 0. The molecule has 10 heteroatoms. The van der Waals surface area contributed by atoms with Crippen LogP contribution in [0, 0.1) is 5.82 Å². The van der Waals surface area contributed by atoms with Crippen LogP contribution in [-0.2, 0) is 16.6 Å². The van der Waals surface area contributed by atoms with Crippen LogP contribution < -0.4 is 9.46 Å². The minimum Gasteiger partial charge on any atom is -0.439 e. The highest BCUT2D eigenvalue weighted by molar-refractivity contribution is 7.89. The van der Waals surface area contributed by atoms with Crippen molar-refractivity contribution in [2.45, 2.75) is 11.4 Å². The molecule has 0 saturated heterocycles. The average molecular weight is 416 g/mol. The molecule has 2 aromatic carbocycles. The first-order valence-electron chi connectivity index (χ1n) is 8.10. The number of rotatable bonds is 6. The Labute approximate surface area is 164 Å². The van der Waals surface area contributed by atoms with E-state index in [1.54, 1.807) is 30.3 Å². The SMILES string of the molecule is O=S(=O)(NCc1ccc(Oc2cccc(F)c2)nc1)c1cccc2nsnc12. The summed E-state index contributed by atoms with van der Waals surface area (Å²) in [6.45, 7) is 0.0452. The quantitative estimate of drug-likeness (QED) is 0.517. The summed E-state index contributed by atoms with van der Waals surface area (Å²) in [6, 6.07) is 13.8. The number of hydrogen-bond acceptors (Lipinski definition) is 7. The average Bonchev–Trinajstić information content (AvgIpc) is 3.16. The minimum atomic E-state index is -3.76. The predicted molar refractivity (Wildman–Crippen MR) is 102 cm³/mol. The van der Waals surface area contributed by atoms with Crippen molar-refractivity contribution in [2.24, 2.45) is 0 Å². The van der Waals surface area contributed by atoms with Gasteiger partial charge in [0.15, 0.2) is 0 Å². The molecule has 0 fully saturated rings. The van der Waals surface area contributed by atoms with Gasteiger partial charge < -0.3 is 4.74 Å². The normalized spacial score (nSPS) is 11.6. The van der Waals surface area contributed by atoms with Gasteiger partial charge in [-0.1, -0.05) is 18.2 Å². The van der Waals surface area contributed by atoms with E-state index < -0.39 is 15.8 Å². The van der Waals surface area contributed by atoms with Crippen LogP contribution in [-0.4, -0.2) is 22.1 Å². The van der Waals surface area contributed by atoms with E-state index in [0.717, 1.165) is 11.7 Å². The summed E-state index contributed by atoms with van der Waals surface area (Å²) in [5.41, 5.74) is 1.52. The van der Waals surface area contributed by atoms with Gasteiger partial charge in [-0.15, -0.1) is 0 Å². The van der Waals surface area contributed by atoms with Crippen LogP contribution >= 0.6 is 11.7 Å². The molecule has 2 heterocycles. The summed E-state index contributed by atoms with van der Waals surface area (Å²) in [5.74, 6) is 0.190. The Morgan fingerprint density at radius 2 is 1.93 bits per heavy atom. The third-order valence-corrected chi connectivity index (χ3v) is 5.80. The third kappa shape index (κ3) is 3.98. The maximum Gasteiger partial charge on any atom is 0.243 e. The molecule has 0 unspecified atom stereocenters. The Bertz CT molecular complexity index is 1230. The largest absolute Gasteiger partial charge is 0.439 e. The Morgan fingerprint density at radius 1 is 1.07 bits per heavy atom. The molecule has 0 saturated carbocycles. The maximum atomic E-state index is 13.2. The summed E-state index contributed by atoms with van der Waals surface area (Å²) < 4.78 is 54.5. The van der Waals surface area contributed by atoms with Crippen molar-refractivity contribution in [3.05, 3.63) is 72.2 Å². The van der Waals surface area contributed by atoms with Crippen molar-refractivity contribution in [3.63, 3.8) is 0 Å². The van der Waals surface area contributed by atoms with Crippen LogP contribution in [0.25, 0.3) is 11.0 Å². The number of benzene rings is 2. The summed E-state index contributed by atoms with van der Waals surface area (Å²) >= 11 is 0.961. The molecule has 0 aliphatic rings. The molecular formula is C18H13FN4O3S2. The Hall–Kier alpha value is -2.95. The van der Waals surface area contributed by atoms with Crippen molar-refractivity contribution < 1.29 is 17.5 Å². The van der Waals surface area contributed by atoms with Gasteiger partial charge >= 0.3 is 0 Å². The smallest absolute Gasteiger partial charge is 0.243 e. The van der Waals surface area contributed by atoms with Gasteiger partial charge in [0, 0.05) is 24.9 Å². The molecule has 7 nitrogen and oxygen atoms in total. The van der Waals surface area contributed by atoms with E-state index in [4.69, 9.17) is 4.74 Å². The topological polar surface area (TPSA) is 94.1 Å². The second kappa shape index (κ2) is 7.58. The van der Waals surface area contributed by atoms with Gasteiger partial charge in [0.2, 0.25) is 15.9 Å². The van der Waals surface area contributed by atoms with E-state index in [0.29, 0.717) is 22.3 Å². The molecule has 0 spiro atoms. The van der Waals surface area contributed by atoms with E-state index in [1.807, 2.05) is 0 Å². The number of ether oxygens (including phenoxy) is 1. The van der Waals surface area contributed by atoms with Crippen molar-refractivity contribution in [2.75, 3.05) is 0 Å². The first-order chi connectivity index (χ1) is 13.5. The lowest BCUT2D eigenvalue weighted by molar-refractivity contribution is 0.457. The Kier molecular flexibility index (Phi) is 4.99. The van der Waals surface area contributed by atoms with Gasteiger partial charge in [0.1, 0.15) is 27.5 Å². The molecule has 28 heavy (non-hydrogen) atoms. The van der Waals surface area contributed by atoms with E-state index in [9.17, 15) is 12.8 Å². The molecular weight excluding hydrogens is 403 g/mol.